The Morgan fingerprint density at radius 3 is 2.33 bits per heavy atom. The molecule has 2 aromatic rings. The molecule has 3 nitrogen and oxygen atoms in total. The second-order valence-corrected chi connectivity index (χ2v) is 5.18. The summed E-state index contributed by atoms with van der Waals surface area (Å²) in [5.74, 6) is -1.81. The van der Waals surface area contributed by atoms with E-state index in [2.05, 4.69) is 6.07 Å². The van der Waals surface area contributed by atoms with E-state index >= 15 is 0 Å². The molecule has 0 radical (unpaired) electrons. The van der Waals surface area contributed by atoms with Gasteiger partial charge in [-0.3, -0.25) is 11.1 Å². The molecule has 1 amide bonds. The number of amides is 1. The number of hydrogen-bond acceptors (Lipinski definition) is 2. The van der Waals surface area contributed by atoms with Crippen molar-refractivity contribution in [3.63, 3.8) is 0 Å². The summed E-state index contributed by atoms with van der Waals surface area (Å²) in [6, 6.07) is 14.5. The van der Waals surface area contributed by atoms with Crippen LogP contribution in [-0.2, 0) is 9.59 Å². The topological polar surface area (TPSA) is 37.4 Å². The van der Waals surface area contributed by atoms with Gasteiger partial charge in [-0.2, -0.15) is 18.2 Å². The predicted octanol–water partition coefficient (Wildman–Crippen LogP) is -0.150. The van der Waals surface area contributed by atoms with Gasteiger partial charge in [0.25, 0.3) is 0 Å². The van der Waals surface area contributed by atoms with Gasteiger partial charge in [-0.1, -0.05) is 18.1 Å². The monoisotopic (exact) mass is 323 g/mol. The van der Waals surface area contributed by atoms with Crippen LogP contribution in [0.15, 0.2) is 48.5 Å². The third kappa shape index (κ3) is 5.02. The van der Waals surface area contributed by atoms with Gasteiger partial charge in [0.05, 0.1) is 0 Å². The second-order valence-electron chi connectivity index (χ2n) is 5.18. The summed E-state index contributed by atoms with van der Waals surface area (Å²) in [7, 11) is 1.65. The van der Waals surface area contributed by atoms with Crippen LogP contribution < -0.4 is 18.9 Å². The fourth-order valence-corrected chi connectivity index (χ4v) is 2.41. The maximum Gasteiger partial charge on any atom is 1.00 e. The van der Waals surface area contributed by atoms with E-state index in [1.807, 2.05) is 0 Å². The Bertz CT molecular complexity index is 671. The Morgan fingerprint density at radius 1 is 1.21 bits per heavy atom. The van der Waals surface area contributed by atoms with Crippen LogP contribution in [0.3, 0.4) is 0 Å². The molecule has 1 heterocycles. The second kappa shape index (κ2) is 9.36. The van der Waals surface area contributed by atoms with Crippen molar-refractivity contribution in [2.45, 2.75) is 5.92 Å². The average molecular weight is 323 g/mol. The molecule has 2 atom stereocenters. The fraction of sp³-hybridized carbons (Fsp3) is 0.222. The summed E-state index contributed by atoms with van der Waals surface area (Å²) >= 11 is 0. The van der Waals surface area contributed by atoms with Gasteiger partial charge in [0.15, 0.2) is 5.91 Å². The molecule has 0 aromatic heterocycles. The van der Waals surface area contributed by atoms with Crippen LogP contribution in [0.2, 0.25) is 0 Å². The van der Waals surface area contributed by atoms with E-state index in [4.69, 9.17) is 0 Å². The zero-order valence-corrected chi connectivity index (χ0v) is 13.5. The van der Waals surface area contributed by atoms with E-state index in [-0.39, 0.29) is 43.7 Å². The number of carbonyl (C=O) groups is 1. The third-order valence-corrected chi connectivity index (χ3v) is 3.61. The molecular weight excluding hydrogens is 307 g/mol. The first-order valence-electron chi connectivity index (χ1n) is 7.03. The molecule has 24 heavy (non-hydrogen) atoms. The van der Waals surface area contributed by atoms with E-state index in [0.717, 1.165) is 5.56 Å². The van der Waals surface area contributed by atoms with Gasteiger partial charge in [0, 0.05) is 19.4 Å². The molecule has 0 spiro atoms. The normalized spacial score (nSPS) is 19.1. The first kappa shape index (κ1) is 20.1. The number of benzene rings is 2. The van der Waals surface area contributed by atoms with Gasteiger partial charge >= 0.3 is 18.9 Å². The van der Waals surface area contributed by atoms with Crippen LogP contribution in [-0.4, -0.2) is 30.7 Å². The van der Waals surface area contributed by atoms with Gasteiger partial charge in [-0.25, -0.2) is 8.78 Å². The summed E-state index contributed by atoms with van der Waals surface area (Å²) < 4.78 is 24.6. The van der Waals surface area contributed by atoms with Crippen molar-refractivity contribution in [3.8, 4) is 0 Å². The van der Waals surface area contributed by atoms with Gasteiger partial charge in [-0.15, -0.1) is 12.1 Å². The molecule has 0 N–H and O–H groups in total. The minimum absolute atomic E-state index is 0. The summed E-state index contributed by atoms with van der Waals surface area (Å²) in [6.45, 7) is 0.477. The minimum atomic E-state index is -0.754. The van der Waals surface area contributed by atoms with Gasteiger partial charge in [-0.05, 0) is 23.6 Å². The van der Waals surface area contributed by atoms with E-state index in [1.165, 1.54) is 29.2 Å². The number of hydrogen-bond donors (Lipinski definition) is 0. The quantitative estimate of drug-likeness (QED) is 0.438. The van der Waals surface area contributed by atoms with Gasteiger partial charge in [0.1, 0.15) is 5.82 Å². The van der Waals surface area contributed by atoms with Crippen molar-refractivity contribution in [1.82, 2.24) is 4.90 Å². The third-order valence-electron chi connectivity index (χ3n) is 3.61. The number of carbonyl (C=O) groups excluding carboxylic acids is 2. The molecule has 2 aromatic carbocycles. The standard InChI is InChI=1S/C12H11FNO2.C6H4F.Li.H/c1-14-6-10(11(7-15)12(14)16)8-2-4-9(13)5-3-8;7-6-4-2-1-3-5-6;;/h2-5,10-11H,6H2,1H3;1-4H;;/q2*-1;+1;-1. The minimum Gasteiger partial charge on any atom is -1.00 e. The summed E-state index contributed by atoms with van der Waals surface area (Å²) in [6.07, 6.45) is 1.77. The van der Waals surface area contributed by atoms with Crippen molar-refractivity contribution in [1.29, 1.82) is 0 Å². The summed E-state index contributed by atoms with van der Waals surface area (Å²) in [5.41, 5.74) is 0.799. The van der Waals surface area contributed by atoms with Crippen LogP contribution >= 0.6 is 0 Å². The number of nitrogens with zero attached hydrogens (tertiary/aromatic N) is 1. The molecular formula is C18H16F2LiNO2-2. The zero-order valence-electron chi connectivity index (χ0n) is 14.5. The van der Waals surface area contributed by atoms with E-state index in [0.29, 0.717) is 6.54 Å². The molecule has 122 valence electrons. The molecule has 0 saturated carbocycles. The molecule has 1 aliphatic rings. The number of likely N-dealkylation sites (tertiary alicyclic amines) is 1. The molecule has 3 rings (SSSR count). The van der Waals surface area contributed by atoms with E-state index in [9.17, 15) is 18.4 Å². The molecule has 6 heteroatoms. The largest absolute Gasteiger partial charge is 1.00 e. The van der Waals surface area contributed by atoms with Crippen LogP contribution in [0.1, 0.15) is 12.9 Å². The van der Waals surface area contributed by atoms with Gasteiger partial charge < -0.3 is 11.1 Å². The average Bonchev–Trinajstić information content (AvgIpc) is 2.84. The van der Waals surface area contributed by atoms with Crippen LogP contribution in [0.25, 0.3) is 0 Å². The fourth-order valence-electron chi connectivity index (χ4n) is 2.41. The van der Waals surface area contributed by atoms with Crippen molar-refractivity contribution in [2.75, 3.05) is 13.6 Å². The van der Waals surface area contributed by atoms with E-state index < -0.39 is 5.92 Å². The van der Waals surface area contributed by atoms with Crippen molar-refractivity contribution < 1.29 is 38.7 Å². The molecule has 2 unspecified atom stereocenters. The van der Waals surface area contributed by atoms with Crippen molar-refractivity contribution in [3.05, 3.63) is 71.8 Å². The smallest absolute Gasteiger partial charge is 1.00 e. The SMILES string of the molecule is CN1CC(c2ccc(F)cc2)C([C-]=O)C1=O.Fc1[c-]cccc1.[H-].[Li+]. The molecule has 1 saturated heterocycles. The number of rotatable bonds is 2. The van der Waals surface area contributed by atoms with Crippen LogP contribution in [0.4, 0.5) is 8.78 Å². The Kier molecular flexibility index (Phi) is 7.83. The van der Waals surface area contributed by atoms with Crippen LogP contribution in [0, 0.1) is 23.6 Å². The maximum atomic E-state index is 12.8. The van der Waals surface area contributed by atoms with Crippen LogP contribution in [0.5, 0.6) is 0 Å². The molecule has 0 aliphatic carbocycles. The van der Waals surface area contributed by atoms with E-state index in [1.54, 1.807) is 37.6 Å². The Hall–Kier alpha value is -1.96. The van der Waals surface area contributed by atoms with Crippen molar-refractivity contribution in [2.24, 2.45) is 5.92 Å². The predicted molar refractivity (Wildman–Crippen MR) is 82.3 cm³/mol. The van der Waals surface area contributed by atoms with Gasteiger partial charge in [0.2, 0.25) is 0 Å². The molecule has 0 bridgehead atoms. The van der Waals surface area contributed by atoms with Crippen molar-refractivity contribution >= 4 is 12.2 Å². The molecule has 1 fully saturated rings. The number of likely N-dealkylation sites (N-methyl/N-ethyl adjacent to an activating group) is 1. The first-order valence-corrected chi connectivity index (χ1v) is 7.03. The Labute approximate surface area is 153 Å². The molecule has 1 aliphatic heterocycles. The zero-order chi connectivity index (χ0) is 16.8. The first-order chi connectivity index (χ1) is 11.0. The Morgan fingerprint density at radius 2 is 1.88 bits per heavy atom. The Balaban J connectivity index is 0.000000547. The maximum absolute atomic E-state index is 12.8. The number of halogens is 2. The summed E-state index contributed by atoms with van der Waals surface area (Å²) in [4.78, 5) is 23.8. The summed E-state index contributed by atoms with van der Waals surface area (Å²) in [5, 5.41) is 0.